The van der Waals surface area contributed by atoms with Crippen molar-refractivity contribution in [2.24, 2.45) is 0 Å². The number of hydrogen-bond donors (Lipinski definition) is 2. The number of likely N-dealkylation sites (tertiary alicyclic amines) is 1. The second kappa shape index (κ2) is 7.70. The molecule has 0 bridgehead atoms. The molecule has 0 radical (unpaired) electrons. The summed E-state index contributed by atoms with van der Waals surface area (Å²) in [5.41, 5.74) is 3.04. The number of rotatable bonds is 5. The van der Waals surface area contributed by atoms with Gasteiger partial charge in [0, 0.05) is 36.6 Å². The van der Waals surface area contributed by atoms with Crippen LogP contribution in [0.3, 0.4) is 0 Å². The van der Waals surface area contributed by atoms with Crippen molar-refractivity contribution in [1.82, 2.24) is 20.4 Å². The van der Waals surface area contributed by atoms with Crippen molar-refractivity contribution >= 4 is 16.8 Å². The number of carbonyl (C=O) groups excluding carboxylic acids is 1. The van der Waals surface area contributed by atoms with Gasteiger partial charge in [-0.05, 0) is 43.0 Å². The third-order valence-corrected chi connectivity index (χ3v) is 5.18. The fraction of sp³-hybridized carbons (Fsp3) is 0.333. The standard InChI is InChI=1S/C21H24N4O/c26-21(17-6-7-20-18(14-17)15-22-24-20)23-19-9-12-25(13-10-19)11-8-16-4-2-1-3-5-16/h1-7,14-15,19H,8-13H2,(H,22,24)(H,23,26). The first kappa shape index (κ1) is 16.8. The van der Waals surface area contributed by atoms with Gasteiger partial charge in [0.15, 0.2) is 0 Å². The summed E-state index contributed by atoms with van der Waals surface area (Å²) in [5, 5.41) is 11.1. The summed E-state index contributed by atoms with van der Waals surface area (Å²) in [6, 6.07) is 16.5. The van der Waals surface area contributed by atoms with Gasteiger partial charge in [-0.15, -0.1) is 0 Å². The van der Waals surface area contributed by atoms with Crippen LogP contribution in [-0.4, -0.2) is 46.7 Å². The second-order valence-corrected chi connectivity index (χ2v) is 7.00. The summed E-state index contributed by atoms with van der Waals surface area (Å²) < 4.78 is 0. The van der Waals surface area contributed by atoms with Gasteiger partial charge >= 0.3 is 0 Å². The van der Waals surface area contributed by atoms with E-state index in [-0.39, 0.29) is 11.9 Å². The highest BCUT2D eigenvalue weighted by atomic mass is 16.1. The first-order valence-electron chi connectivity index (χ1n) is 9.28. The Morgan fingerprint density at radius 2 is 1.96 bits per heavy atom. The SMILES string of the molecule is O=C(NC1CCN(CCc2ccccc2)CC1)c1ccc2[nH]ncc2c1. The average molecular weight is 348 g/mol. The molecule has 5 nitrogen and oxygen atoms in total. The van der Waals surface area contributed by atoms with E-state index >= 15 is 0 Å². The Bertz CT molecular complexity index is 866. The highest BCUT2D eigenvalue weighted by Gasteiger charge is 2.21. The minimum Gasteiger partial charge on any atom is -0.349 e. The topological polar surface area (TPSA) is 61.0 Å². The largest absolute Gasteiger partial charge is 0.349 e. The molecule has 3 aromatic rings. The van der Waals surface area contributed by atoms with Crippen molar-refractivity contribution in [3.05, 3.63) is 65.9 Å². The minimum absolute atomic E-state index is 0.0100. The molecule has 2 heterocycles. The Morgan fingerprint density at radius 1 is 1.15 bits per heavy atom. The Labute approximate surface area is 153 Å². The fourth-order valence-electron chi connectivity index (χ4n) is 3.59. The zero-order valence-electron chi connectivity index (χ0n) is 14.8. The lowest BCUT2D eigenvalue weighted by Gasteiger charge is -2.32. The van der Waals surface area contributed by atoms with E-state index in [0.29, 0.717) is 5.56 Å². The fourth-order valence-corrected chi connectivity index (χ4v) is 3.59. The molecular weight excluding hydrogens is 324 g/mol. The predicted molar refractivity (Wildman–Crippen MR) is 103 cm³/mol. The third-order valence-electron chi connectivity index (χ3n) is 5.18. The number of aromatic amines is 1. The minimum atomic E-state index is 0.0100. The molecule has 1 aliphatic heterocycles. The van der Waals surface area contributed by atoms with E-state index in [9.17, 15) is 4.79 Å². The van der Waals surface area contributed by atoms with Crippen LogP contribution >= 0.6 is 0 Å². The number of nitrogens with one attached hydrogen (secondary N) is 2. The van der Waals surface area contributed by atoms with Gasteiger partial charge in [0.05, 0.1) is 11.7 Å². The van der Waals surface area contributed by atoms with Gasteiger partial charge in [0.2, 0.25) is 0 Å². The molecule has 0 atom stereocenters. The molecule has 0 unspecified atom stereocenters. The Hall–Kier alpha value is -2.66. The molecule has 0 spiro atoms. The Balaban J connectivity index is 1.26. The molecule has 5 heteroatoms. The zero-order valence-corrected chi connectivity index (χ0v) is 14.8. The highest BCUT2D eigenvalue weighted by Crippen LogP contribution is 2.15. The van der Waals surface area contributed by atoms with Crippen molar-refractivity contribution in [1.29, 1.82) is 0 Å². The molecule has 0 aliphatic carbocycles. The van der Waals surface area contributed by atoms with Gasteiger partial charge in [-0.2, -0.15) is 5.10 Å². The van der Waals surface area contributed by atoms with Gasteiger partial charge in [-0.1, -0.05) is 30.3 Å². The van der Waals surface area contributed by atoms with Gasteiger partial charge in [-0.25, -0.2) is 0 Å². The van der Waals surface area contributed by atoms with Crippen molar-refractivity contribution in [2.45, 2.75) is 25.3 Å². The lowest BCUT2D eigenvalue weighted by Crippen LogP contribution is -2.45. The van der Waals surface area contributed by atoms with Crippen molar-refractivity contribution in [3.8, 4) is 0 Å². The first-order chi connectivity index (χ1) is 12.8. The van der Waals surface area contributed by atoms with E-state index in [0.717, 1.165) is 49.8 Å². The maximum atomic E-state index is 12.5. The van der Waals surface area contributed by atoms with Gasteiger partial charge < -0.3 is 10.2 Å². The molecule has 1 aliphatic rings. The molecular formula is C21H24N4O. The quantitative estimate of drug-likeness (QED) is 0.745. The van der Waals surface area contributed by atoms with Crippen molar-refractivity contribution < 1.29 is 4.79 Å². The average Bonchev–Trinajstić information content (AvgIpc) is 3.16. The monoisotopic (exact) mass is 348 g/mol. The number of aromatic nitrogens is 2. The molecule has 0 saturated carbocycles. The van der Waals surface area contributed by atoms with E-state index in [1.807, 2.05) is 18.2 Å². The number of carbonyl (C=O) groups is 1. The number of hydrogen-bond acceptors (Lipinski definition) is 3. The molecule has 2 N–H and O–H groups in total. The third kappa shape index (κ3) is 3.94. The number of piperidine rings is 1. The van der Waals surface area contributed by atoms with E-state index in [1.54, 1.807) is 6.20 Å². The van der Waals surface area contributed by atoms with Crippen LogP contribution in [0.15, 0.2) is 54.7 Å². The summed E-state index contributed by atoms with van der Waals surface area (Å²) in [4.78, 5) is 15.0. The van der Waals surface area contributed by atoms with Crippen LogP contribution in [0.4, 0.5) is 0 Å². The number of H-pyrrole nitrogens is 1. The normalized spacial score (nSPS) is 16.0. The molecule has 1 saturated heterocycles. The lowest BCUT2D eigenvalue weighted by atomic mass is 10.0. The van der Waals surface area contributed by atoms with Crippen LogP contribution < -0.4 is 5.32 Å². The summed E-state index contributed by atoms with van der Waals surface area (Å²) in [7, 11) is 0. The van der Waals surface area contributed by atoms with Crippen LogP contribution in [0.25, 0.3) is 10.9 Å². The molecule has 26 heavy (non-hydrogen) atoms. The Kier molecular flexibility index (Phi) is 4.97. The van der Waals surface area contributed by atoms with Gasteiger partial charge in [0.1, 0.15) is 0 Å². The highest BCUT2D eigenvalue weighted by molar-refractivity contribution is 5.98. The van der Waals surface area contributed by atoms with Gasteiger partial charge in [-0.3, -0.25) is 9.89 Å². The van der Waals surface area contributed by atoms with E-state index in [2.05, 4.69) is 50.7 Å². The number of amides is 1. The summed E-state index contributed by atoms with van der Waals surface area (Å²) in [5.74, 6) is 0.0100. The molecule has 134 valence electrons. The maximum Gasteiger partial charge on any atom is 0.251 e. The van der Waals surface area contributed by atoms with E-state index in [4.69, 9.17) is 0 Å². The van der Waals surface area contributed by atoms with Gasteiger partial charge in [0.25, 0.3) is 5.91 Å². The van der Waals surface area contributed by atoms with Crippen molar-refractivity contribution in [2.75, 3.05) is 19.6 Å². The first-order valence-corrected chi connectivity index (χ1v) is 9.28. The number of benzene rings is 2. The van der Waals surface area contributed by atoms with Crippen LogP contribution in [0.5, 0.6) is 0 Å². The number of nitrogens with zero attached hydrogens (tertiary/aromatic N) is 2. The van der Waals surface area contributed by atoms with Crippen LogP contribution in [-0.2, 0) is 6.42 Å². The van der Waals surface area contributed by atoms with Crippen molar-refractivity contribution in [3.63, 3.8) is 0 Å². The smallest absolute Gasteiger partial charge is 0.251 e. The second-order valence-electron chi connectivity index (χ2n) is 7.00. The molecule has 1 amide bonds. The maximum absolute atomic E-state index is 12.5. The number of fused-ring (bicyclic) bond motifs is 1. The lowest BCUT2D eigenvalue weighted by molar-refractivity contribution is 0.0911. The predicted octanol–water partition coefficient (Wildman–Crippen LogP) is 3.00. The van der Waals surface area contributed by atoms with E-state index < -0.39 is 0 Å². The summed E-state index contributed by atoms with van der Waals surface area (Å²) in [6.07, 6.45) is 4.85. The zero-order chi connectivity index (χ0) is 17.8. The van der Waals surface area contributed by atoms with Crippen LogP contribution in [0.2, 0.25) is 0 Å². The summed E-state index contributed by atoms with van der Waals surface area (Å²) >= 11 is 0. The Morgan fingerprint density at radius 3 is 2.77 bits per heavy atom. The molecule has 1 aromatic heterocycles. The molecule has 4 rings (SSSR count). The van der Waals surface area contributed by atoms with E-state index in [1.165, 1.54) is 5.56 Å². The molecule has 2 aromatic carbocycles. The van der Waals surface area contributed by atoms with Crippen LogP contribution in [0, 0.1) is 0 Å². The summed E-state index contributed by atoms with van der Waals surface area (Å²) in [6.45, 7) is 3.17. The van der Waals surface area contributed by atoms with Crippen LogP contribution in [0.1, 0.15) is 28.8 Å². The molecule has 1 fully saturated rings.